The van der Waals surface area contributed by atoms with Crippen LogP contribution < -0.4 is 0 Å². The Hall–Kier alpha value is -2.37. The van der Waals surface area contributed by atoms with E-state index in [1.807, 2.05) is 0 Å². The Morgan fingerprint density at radius 2 is 0.650 bits per heavy atom. The van der Waals surface area contributed by atoms with E-state index in [0.29, 0.717) is 19.3 Å². The number of carbonyl (C=O) groups excluding carboxylic acids is 3. The lowest BCUT2D eigenvalue weighted by atomic mass is 10.0. The van der Waals surface area contributed by atoms with Gasteiger partial charge in [0.05, 0.1) is 0 Å². The monoisotopic (exact) mass is 843 g/mol. The van der Waals surface area contributed by atoms with Crippen LogP contribution in [0.25, 0.3) is 0 Å². The van der Waals surface area contributed by atoms with Crippen LogP contribution in [0.2, 0.25) is 0 Å². The third-order valence-electron chi connectivity index (χ3n) is 11.4. The van der Waals surface area contributed by atoms with Crippen LogP contribution in [0.15, 0.2) is 36.5 Å². The quantitative estimate of drug-likeness (QED) is 0.0263. The summed E-state index contributed by atoms with van der Waals surface area (Å²) in [5, 5.41) is 0. The average molecular weight is 843 g/mol. The molecule has 0 saturated heterocycles. The first kappa shape index (κ1) is 57.6. The van der Waals surface area contributed by atoms with Crippen molar-refractivity contribution in [3.8, 4) is 0 Å². The zero-order valence-electron chi connectivity index (χ0n) is 40.0. The van der Waals surface area contributed by atoms with Gasteiger partial charge in [-0.1, -0.05) is 237 Å². The van der Waals surface area contributed by atoms with Crippen LogP contribution in [0.4, 0.5) is 0 Å². The SMILES string of the molecule is CC/C=C\C/C=C\C/C=C\CCCCCCCC(=O)O[C@@H](COC(=O)CCCCCCCCCCCCCC)COC(=O)CCCCCCCCCCCCCCCCC. The zero-order valence-corrected chi connectivity index (χ0v) is 40.0. The van der Waals surface area contributed by atoms with Gasteiger partial charge in [-0.25, -0.2) is 0 Å². The highest BCUT2D eigenvalue weighted by atomic mass is 16.6. The number of unbranched alkanes of at least 4 members (excludes halogenated alkanes) is 30. The van der Waals surface area contributed by atoms with Crippen molar-refractivity contribution in [2.45, 2.75) is 277 Å². The van der Waals surface area contributed by atoms with Crippen LogP contribution in [0, 0.1) is 0 Å². The smallest absolute Gasteiger partial charge is 0.306 e. The molecule has 0 rings (SSSR count). The van der Waals surface area contributed by atoms with E-state index in [9.17, 15) is 14.4 Å². The van der Waals surface area contributed by atoms with Crippen molar-refractivity contribution in [1.29, 1.82) is 0 Å². The van der Waals surface area contributed by atoms with Crippen LogP contribution >= 0.6 is 0 Å². The number of rotatable bonds is 47. The molecular formula is C54H98O6. The standard InChI is InChI=1S/C54H98O6/c1-4-7-10-13-16-19-22-25-27-29-32-35-38-41-44-47-53(56)59-50-51(49-58-52(55)46-43-40-37-34-31-24-21-18-15-12-9-6-3)60-54(57)48-45-42-39-36-33-30-28-26-23-20-17-14-11-8-5-2/h8,11,17,20,26,28,51H,4-7,9-10,12-16,18-19,21-25,27,29-50H2,1-3H3/b11-8-,20-17-,28-26-/t51-/m0/s1. The molecule has 0 fully saturated rings. The molecule has 0 spiro atoms. The van der Waals surface area contributed by atoms with Gasteiger partial charge in [-0.2, -0.15) is 0 Å². The van der Waals surface area contributed by atoms with Gasteiger partial charge in [-0.05, 0) is 51.4 Å². The summed E-state index contributed by atoms with van der Waals surface area (Å²) in [6.45, 7) is 6.53. The van der Waals surface area contributed by atoms with Crippen molar-refractivity contribution >= 4 is 17.9 Å². The largest absolute Gasteiger partial charge is 0.462 e. The maximum absolute atomic E-state index is 12.8. The van der Waals surface area contributed by atoms with Crippen molar-refractivity contribution in [1.82, 2.24) is 0 Å². The Labute approximate surface area is 372 Å². The molecule has 0 bridgehead atoms. The molecular weight excluding hydrogens is 745 g/mol. The van der Waals surface area contributed by atoms with Gasteiger partial charge in [0.25, 0.3) is 0 Å². The Balaban J connectivity index is 4.36. The van der Waals surface area contributed by atoms with Crippen molar-refractivity contribution < 1.29 is 28.6 Å². The number of carbonyl (C=O) groups is 3. The molecule has 0 heterocycles. The van der Waals surface area contributed by atoms with E-state index in [2.05, 4.69) is 57.2 Å². The number of esters is 3. The second kappa shape index (κ2) is 49.3. The number of hydrogen-bond acceptors (Lipinski definition) is 6. The molecule has 0 aliphatic heterocycles. The second-order valence-electron chi connectivity index (χ2n) is 17.4. The fourth-order valence-corrected chi connectivity index (χ4v) is 7.52. The first-order valence-electron chi connectivity index (χ1n) is 26.0. The van der Waals surface area contributed by atoms with Gasteiger partial charge in [-0.3, -0.25) is 14.4 Å². The normalized spacial score (nSPS) is 12.2. The zero-order chi connectivity index (χ0) is 43.7. The Morgan fingerprint density at radius 3 is 1.02 bits per heavy atom. The van der Waals surface area contributed by atoms with Gasteiger partial charge in [0, 0.05) is 19.3 Å². The molecule has 350 valence electrons. The molecule has 6 heteroatoms. The first-order valence-corrected chi connectivity index (χ1v) is 26.0. The van der Waals surface area contributed by atoms with Gasteiger partial charge in [0.15, 0.2) is 6.10 Å². The fraction of sp³-hybridized carbons (Fsp3) is 0.833. The van der Waals surface area contributed by atoms with E-state index < -0.39 is 6.10 Å². The summed E-state index contributed by atoms with van der Waals surface area (Å²) in [4.78, 5) is 37.9. The number of ether oxygens (including phenoxy) is 3. The lowest BCUT2D eigenvalue weighted by molar-refractivity contribution is -0.167. The summed E-state index contributed by atoms with van der Waals surface area (Å²) in [7, 11) is 0. The summed E-state index contributed by atoms with van der Waals surface area (Å²) in [5.74, 6) is -0.880. The topological polar surface area (TPSA) is 78.9 Å². The summed E-state index contributed by atoms with van der Waals surface area (Å²) < 4.78 is 16.8. The molecule has 60 heavy (non-hydrogen) atoms. The molecule has 0 amide bonds. The van der Waals surface area contributed by atoms with E-state index in [-0.39, 0.29) is 31.1 Å². The Kier molecular flexibility index (Phi) is 47.3. The second-order valence-corrected chi connectivity index (χ2v) is 17.4. The van der Waals surface area contributed by atoms with E-state index >= 15 is 0 Å². The summed E-state index contributed by atoms with van der Waals surface area (Å²) in [6.07, 6.45) is 56.9. The van der Waals surface area contributed by atoms with Crippen LogP contribution in [0.1, 0.15) is 271 Å². The van der Waals surface area contributed by atoms with Gasteiger partial charge in [0.1, 0.15) is 13.2 Å². The molecule has 0 aromatic rings. The highest BCUT2D eigenvalue weighted by Gasteiger charge is 2.19. The minimum absolute atomic E-state index is 0.0750. The summed E-state index contributed by atoms with van der Waals surface area (Å²) >= 11 is 0. The molecule has 0 N–H and O–H groups in total. The molecule has 0 aliphatic carbocycles. The molecule has 0 aliphatic rings. The van der Waals surface area contributed by atoms with E-state index in [4.69, 9.17) is 14.2 Å². The minimum Gasteiger partial charge on any atom is -0.462 e. The highest BCUT2D eigenvalue weighted by molar-refractivity contribution is 5.71. The third kappa shape index (κ3) is 46.7. The minimum atomic E-state index is -0.775. The molecule has 0 unspecified atom stereocenters. The maximum Gasteiger partial charge on any atom is 0.306 e. The average Bonchev–Trinajstić information content (AvgIpc) is 3.24. The van der Waals surface area contributed by atoms with Crippen LogP contribution in [0.5, 0.6) is 0 Å². The summed E-state index contributed by atoms with van der Waals surface area (Å²) in [6, 6.07) is 0. The number of hydrogen-bond donors (Lipinski definition) is 0. The van der Waals surface area contributed by atoms with Crippen LogP contribution in [0.3, 0.4) is 0 Å². The Bertz CT molecular complexity index is 1020. The molecule has 6 nitrogen and oxygen atoms in total. The predicted octanol–water partition coefficient (Wildman–Crippen LogP) is 16.9. The third-order valence-corrected chi connectivity index (χ3v) is 11.4. The van der Waals surface area contributed by atoms with Gasteiger partial charge in [-0.15, -0.1) is 0 Å². The predicted molar refractivity (Wildman–Crippen MR) is 256 cm³/mol. The molecule has 0 saturated carbocycles. The fourth-order valence-electron chi connectivity index (χ4n) is 7.52. The Morgan fingerprint density at radius 1 is 0.350 bits per heavy atom. The number of allylic oxidation sites excluding steroid dienone is 6. The molecule has 0 aromatic heterocycles. The lowest BCUT2D eigenvalue weighted by Gasteiger charge is -2.18. The van der Waals surface area contributed by atoms with Crippen LogP contribution in [-0.4, -0.2) is 37.2 Å². The van der Waals surface area contributed by atoms with Crippen molar-refractivity contribution in [3.63, 3.8) is 0 Å². The highest BCUT2D eigenvalue weighted by Crippen LogP contribution is 2.16. The van der Waals surface area contributed by atoms with Crippen molar-refractivity contribution in [2.75, 3.05) is 13.2 Å². The molecule has 1 atom stereocenters. The first-order chi connectivity index (χ1) is 29.5. The van der Waals surface area contributed by atoms with E-state index in [1.165, 1.54) is 135 Å². The maximum atomic E-state index is 12.8. The lowest BCUT2D eigenvalue weighted by Crippen LogP contribution is -2.30. The van der Waals surface area contributed by atoms with Crippen molar-refractivity contribution in [3.05, 3.63) is 36.5 Å². The summed E-state index contributed by atoms with van der Waals surface area (Å²) in [5.41, 5.74) is 0. The van der Waals surface area contributed by atoms with E-state index in [1.54, 1.807) is 0 Å². The van der Waals surface area contributed by atoms with E-state index in [0.717, 1.165) is 96.3 Å². The molecule has 0 aromatic carbocycles. The van der Waals surface area contributed by atoms with Crippen molar-refractivity contribution in [2.24, 2.45) is 0 Å². The van der Waals surface area contributed by atoms with Gasteiger partial charge in [0.2, 0.25) is 0 Å². The van der Waals surface area contributed by atoms with Crippen LogP contribution in [-0.2, 0) is 28.6 Å². The van der Waals surface area contributed by atoms with Gasteiger partial charge >= 0.3 is 17.9 Å². The van der Waals surface area contributed by atoms with Gasteiger partial charge < -0.3 is 14.2 Å². The molecule has 0 radical (unpaired) electrons.